The zero-order chi connectivity index (χ0) is 19.6. The van der Waals surface area contributed by atoms with Crippen molar-refractivity contribution < 1.29 is 4.74 Å². The lowest BCUT2D eigenvalue weighted by Gasteiger charge is -2.15. The Morgan fingerprint density at radius 2 is 1.96 bits per heavy atom. The molecule has 156 valence electrons. The highest BCUT2D eigenvalue weighted by atomic mass is 127. The first-order valence-corrected chi connectivity index (χ1v) is 10.2. The molecule has 2 aromatic rings. The molecule has 28 heavy (non-hydrogen) atoms. The van der Waals surface area contributed by atoms with Crippen molar-refractivity contribution in [1.82, 2.24) is 15.6 Å². The fourth-order valence-electron chi connectivity index (χ4n) is 2.58. The summed E-state index contributed by atoms with van der Waals surface area (Å²) < 4.78 is 5.22. The van der Waals surface area contributed by atoms with Gasteiger partial charge in [-0.1, -0.05) is 19.1 Å². The second kappa shape index (κ2) is 12.8. The van der Waals surface area contributed by atoms with Gasteiger partial charge in [0.25, 0.3) is 0 Å². The third-order valence-electron chi connectivity index (χ3n) is 4.22. The summed E-state index contributed by atoms with van der Waals surface area (Å²) in [5.41, 5.74) is 2.31. The van der Waals surface area contributed by atoms with Crippen molar-refractivity contribution in [2.45, 2.75) is 32.7 Å². The van der Waals surface area contributed by atoms with E-state index >= 15 is 0 Å². The molecule has 1 atom stereocenters. The number of anilines is 1. The number of methoxy groups -OCH3 is 1. The van der Waals surface area contributed by atoms with Gasteiger partial charge in [0, 0.05) is 32.6 Å². The van der Waals surface area contributed by atoms with E-state index in [1.165, 1.54) is 5.56 Å². The lowest BCUT2D eigenvalue weighted by molar-refractivity contribution is 0.414. The summed E-state index contributed by atoms with van der Waals surface area (Å²) in [6.07, 6.45) is 1.03. The number of nitrogens with one attached hydrogen (secondary N) is 2. The molecule has 0 radical (unpaired) electrons. The molecule has 2 N–H and O–H groups in total. The van der Waals surface area contributed by atoms with E-state index in [-0.39, 0.29) is 24.0 Å². The molecule has 0 spiro atoms. The maximum absolute atomic E-state index is 5.22. The number of thiazole rings is 1. The molecule has 0 bridgehead atoms. The van der Waals surface area contributed by atoms with Gasteiger partial charge in [-0.05, 0) is 37.0 Å². The normalized spacial score (nSPS) is 12.1. The van der Waals surface area contributed by atoms with E-state index in [4.69, 9.17) is 4.74 Å². The molecule has 0 saturated carbocycles. The molecule has 1 aromatic heterocycles. The Bertz CT molecular complexity index is 718. The minimum atomic E-state index is 0. The van der Waals surface area contributed by atoms with E-state index in [2.05, 4.69) is 52.0 Å². The van der Waals surface area contributed by atoms with E-state index < -0.39 is 0 Å². The molecule has 0 aliphatic rings. The number of nitrogens with zero attached hydrogens (tertiary/aromatic N) is 3. The highest BCUT2D eigenvalue weighted by Gasteiger charge is 2.07. The van der Waals surface area contributed by atoms with Crippen LogP contribution in [0.25, 0.3) is 0 Å². The summed E-state index contributed by atoms with van der Waals surface area (Å²) in [5, 5.41) is 9.79. The monoisotopic (exact) mass is 517 g/mol. The predicted octanol–water partition coefficient (Wildman–Crippen LogP) is 4.08. The molecule has 0 amide bonds. The number of hydrogen-bond acceptors (Lipinski definition) is 5. The first-order valence-electron chi connectivity index (χ1n) is 9.31. The molecule has 0 aliphatic heterocycles. The number of rotatable bonds is 9. The SMILES string of the molecule is CCNC(=NCc1csc(N(C)C)n1)NCCC(C)c1ccc(OC)cc1.I. The zero-order valence-corrected chi connectivity index (χ0v) is 20.5. The second-order valence-electron chi connectivity index (χ2n) is 6.60. The van der Waals surface area contributed by atoms with Crippen LogP contribution in [0.2, 0.25) is 0 Å². The quantitative estimate of drug-likeness (QED) is 0.298. The van der Waals surface area contributed by atoms with Gasteiger partial charge in [-0.25, -0.2) is 9.98 Å². The van der Waals surface area contributed by atoms with Crippen LogP contribution in [-0.2, 0) is 6.54 Å². The van der Waals surface area contributed by atoms with Gasteiger partial charge in [0.15, 0.2) is 11.1 Å². The first-order chi connectivity index (χ1) is 13.0. The molecule has 0 aliphatic carbocycles. The zero-order valence-electron chi connectivity index (χ0n) is 17.4. The van der Waals surface area contributed by atoms with Crippen LogP contribution in [0.15, 0.2) is 34.6 Å². The van der Waals surface area contributed by atoms with Crippen molar-refractivity contribution in [1.29, 1.82) is 0 Å². The second-order valence-corrected chi connectivity index (χ2v) is 7.44. The molecular formula is C20H32IN5OS. The van der Waals surface area contributed by atoms with Gasteiger partial charge >= 0.3 is 0 Å². The van der Waals surface area contributed by atoms with Crippen LogP contribution in [0, 0.1) is 0 Å². The summed E-state index contributed by atoms with van der Waals surface area (Å²) in [5.74, 6) is 2.19. The van der Waals surface area contributed by atoms with Crippen molar-refractivity contribution in [2.24, 2.45) is 4.99 Å². The Balaban J connectivity index is 0.00000392. The Hall–Kier alpha value is -1.55. The third-order valence-corrected chi connectivity index (χ3v) is 5.28. The van der Waals surface area contributed by atoms with Crippen LogP contribution in [0.4, 0.5) is 5.13 Å². The summed E-state index contributed by atoms with van der Waals surface area (Å²) in [4.78, 5) is 11.2. The molecular weight excluding hydrogens is 485 g/mol. The Morgan fingerprint density at radius 1 is 1.25 bits per heavy atom. The Labute approximate surface area is 189 Å². The number of benzene rings is 1. The molecule has 0 fully saturated rings. The molecule has 0 saturated heterocycles. The van der Waals surface area contributed by atoms with E-state index in [0.717, 1.165) is 42.0 Å². The predicted molar refractivity (Wildman–Crippen MR) is 131 cm³/mol. The number of guanidine groups is 1. The Kier molecular flexibility index (Phi) is 11.2. The third kappa shape index (κ3) is 7.83. The highest BCUT2D eigenvalue weighted by molar-refractivity contribution is 14.0. The summed E-state index contributed by atoms with van der Waals surface area (Å²) in [7, 11) is 5.69. The maximum atomic E-state index is 5.22. The minimum Gasteiger partial charge on any atom is -0.497 e. The van der Waals surface area contributed by atoms with E-state index in [1.54, 1.807) is 18.4 Å². The van der Waals surface area contributed by atoms with Gasteiger partial charge in [-0.15, -0.1) is 35.3 Å². The number of aromatic nitrogens is 1. The number of hydrogen-bond donors (Lipinski definition) is 2. The van der Waals surface area contributed by atoms with E-state index in [1.807, 2.05) is 31.1 Å². The largest absolute Gasteiger partial charge is 0.497 e. The van der Waals surface area contributed by atoms with Crippen LogP contribution < -0.4 is 20.3 Å². The van der Waals surface area contributed by atoms with E-state index in [0.29, 0.717) is 12.5 Å². The summed E-state index contributed by atoms with van der Waals surface area (Å²) >= 11 is 1.64. The van der Waals surface area contributed by atoms with Crippen LogP contribution in [0.5, 0.6) is 5.75 Å². The van der Waals surface area contributed by atoms with Crippen LogP contribution >= 0.6 is 35.3 Å². The van der Waals surface area contributed by atoms with Gasteiger partial charge in [-0.2, -0.15) is 0 Å². The lowest BCUT2D eigenvalue weighted by atomic mass is 9.98. The van der Waals surface area contributed by atoms with Crippen molar-refractivity contribution in [3.63, 3.8) is 0 Å². The fraction of sp³-hybridized carbons (Fsp3) is 0.500. The fourth-order valence-corrected chi connectivity index (χ4v) is 3.33. The van der Waals surface area contributed by atoms with Gasteiger partial charge < -0.3 is 20.3 Å². The highest BCUT2D eigenvalue weighted by Crippen LogP contribution is 2.21. The molecule has 1 unspecified atom stereocenters. The first kappa shape index (κ1) is 24.5. The van der Waals surface area contributed by atoms with Gasteiger partial charge in [-0.3, -0.25) is 0 Å². The van der Waals surface area contributed by atoms with Crippen LogP contribution in [0.1, 0.15) is 37.4 Å². The average molecular weight is 517 g/mol. The molecule has 6 nitrogen and oxygen atoms in total. The van der Waals surface area contributed by atoms with Gasteiger partial charge in [0.1, 0.15) is 5.75 Å². The standard InChI is InChI=1S/C20H31N5OS.HI/c1-6-21-19(23-13-17-14-27-20(24-17)25(3)4)22-12-11-15(2)16-7-9-18(26-5)10-8-16;/h7-10,14-15H,6,11-13H2,1-5H3,(H2,21,22,23);1H. The Morgan fingerprint density at radius 3 is 2.54 bits per heavy atom. The lowest BCUT2D eigenvalue weighted by Crippen LogP contribution is -2.38. The summed E-state index contributed by atoms with van der Waals surface area (Å²) in [6.45, 7) is 6.59. The molecule has 1 aromatic carbocycles. The maximum Gasteiger partial charge on any atom is 0.191 e. The summed E-state index contributed by atoms with van der Waals surface area (Å²) in [6, 6.07) is 8.29. The van der Waals surface area contributed by atoms with E-state index in [9.17, 15) is 0 Å². The van der Waals surface area contributed by atoms with Crippen molar-refractivity contribution in [2.75, 3.05) is 39.2 Å². The minimum absolute atomic E-state index is 0. The van der Waals surface area contributed by atoms with Crippen molar-refractivity contribution in [3.8, 4) is 5.75 Å². The van der Waals surface area contributed by atoms with Crippen molar-refractivity contribution >= 4 is 46.4 Å². The number of ether oxygens (including phenoxy) is 1. The number of halogens is 1. The smallest absolute Gasteiger partial charge is 0.191 e. The topological polar surface area (TPSA) is 61.8 Å². The number of aliphatic imine (C=N–C) groups is 1. The van der Waals surface area contributed by atoms with Crippen molar-refractivity contribution in [3.05, 3.63) is 40.9 Å². The van der Waals surface area contributed by atoms with Gasteiger partial charge in [0.2, 0.25) is 0 Å². The molecule has 1 heterocycles. The molecule has 8 heteroatoms. The average Bonchev–Trinajstić information content (AvgIpc) is 3.15. The van der Waals surface area contributed by atoms with Crippen LogP contribution in [0.3, 0.4) is 0 Å². The molecule has 2 rings (SSSR count). The van der Waals surface area contributed by atoms with Gasteiger partial charge in [0.05, 0.1) is 19.3 Å². The van der Waals surface area contributed by atoms with Crippen LogP contribution in [-0.4, -0.2) is 45.2 Å².